The van der Waals surface area contributed by atoms with Crippen LogP contribution in [0.4, 0.5) is 5.69 Å². The minimum absolute atomic E-state index is 0.0973. The summed E-state index contributed by atoms with van der Waals surface area (Å²) in [6.07, 6.45) is 0. The maximum absolute atomic E-state index is 12.6. The molecule has 0 aliphatic carbocycles. The lowest BCUT2D eigenvalue weighted by molar-refractivity contribution is -0.136. The van der Waals surface area contributed by atoms with Gasteiger partial charge >= 0.3 is 11.8 Å². The summed E-state index contributed by atoms with van der Waals surface area (Å²) in [4.78, 5) is 24.2. The molecule has 10 heteroatoms. The van der Waals surface area contributed by atoms with Crippen LogP contribution in [0.15, 0.2) is 57.9 Å². The summed E-state index contributed by atoms with van der Waals surface area (Å²) >= 11 is 3.30. The molecule has 1 aliphatic heterocycles. The van der Waals surface area contributed by atoms with Gasteiger partial charge in [0.1, 0.15) is 0 Å². The van der Waals surface area contributed by atoms with Gasteiger partial charge in [0.15, 0.2) is 0 Å². The highest BCUT2D eigenvalue weighted by Crippen LogP contribution is 2.21. The van der Waals surface area contributed by atoms with Gasteiger partial charge in [-0.05, 0) is 45.8 Å². The highest BCUT2D eigenvalue weighted by atomic mass is 79.9. The minimum atomic E-state index is -3.56. The lowest BCUT2D eigenvalue weighted by Crippen LogP contribution is -2.40. The fourth-order valence-electron chi connectivity index (χ4n) is 2.72. The predicted molar refractivity (Wildman–Crippen MR) is 111 cm³/mol. The maximum Gasteiger partial charge on any atom is 0.313 e. The number of sulfonamides is 1. The number of benzene rings is 2. The molecule has 0 unspecified atom stereocenters. The van der Waals surface area contributed by atoms with E-state index in [2.05, 4.69) is 26.6 Å². The lowest BCUT2D eigenvalue weighted by atomic mass is 10.2. The van der Waals surface area contributed by atoms with Gasteiger partial charge in [-0.1, -0.05) is 24.3 Å². The molecule has 0 saturated carbocycles. The van der Waals surface area contributed by atoms with E-state index in [4.69, 9.17) is 4.74 Å². The van der Waals surface area contributed by atoms with E-state index in [0.29, 0.717) is 42.0 Å². The first kappa shape index (κ1) is 21.4. The monoisotopic (exact) mass is 481 g/mol. The zero-order valence-electron chi connectivity index (χ0n) is 15.4. The number of nitrogens with zero attached hydrogens (tertiary/aromatic N) is 1. The Hall–Kier alpha value is -2.27. The van der Waals surface area contributed by atoms with Crippen LogP contribution in [-0.2, 0) is 30.9 Å². The number of para-hydroxylation sites is 1. The lowest BCUT2D eigenvalue weighted by Gasteiger charge is -2.26. The molecule has 2 aromatic carbocycles. The average molecular weight is 482 g/mol. The standard InChI is InChI=1S/C19H20BrN3O5S/c20-16-3-1-2-4-17(16)22-19(25)18(24)21-13-14-5-7-15(8-6-14)29(26,27)23-9-11-28-12-10-23/h1-8H,9-13H2,(H,21,24)(H,22,25). The molecule has 8 nitrogen and oxygen atoms in total. The molecular formula is C19H20BrN3O5S. The summed E-state index contributed by atoms with van der Waals surface area (Å²) in [5.41, 5.74) is 1.17. The quantitative estimate of drug-likeness (QED) is 0.632. The molecule has 0 radical (unpaired) electrons. The molecule has 2 aromatic rings. The van der Waals surface area contributed by atoms with E-state index < -0.39 is 21.8 Å². The number of morpholine rings is 1. The van der Waals surface area contributed by atoms with Gasteiger partial charge in [0.05, 0.1) is 23.8 Å². The Labute approximate surface area is 177 Å². The highest BCUT2D eigenvalue weighted by Gasteiger charge is 2.26. The smallest absolute Gasteiger partial charge is 0.313 e. The molecule has 0 bridgehead atoms. The Morgan fingerprint density at radius 2 is 1.66 bits per heavy atom. The van der Waals surface area contributed by atoms with E-state index in [-0.39, 0.29) is 11.4 Å². The maximum atomic E-state index is 12.6. The molecule has 2 amide bonds. The first-order valence-electron chi connectivity index (χ1n) is 8.88. The minimum Gasteiger partial charge on any atom is -0.379 e. The van der Waals surface area contributed by atoms with Gasteiger partial charge in [-0.25, -0.2) is 8.42 Å². The first-order valence-corrected chi connectivity index (χ1v) is 11.1. The SMILES string of the molecule is O=C(NCc1ccc(S(=O)(=O)N2CCOCC2)cc1)C(=O)Nc1ccccc1Br. The van der Waals surface area contributed by atoms with Gasteiger partial charge in [0.2, 0.25) is 10.0 Å². The zero-order chi connectivity index (χ0) is 20.9. The van der Waals surface area contributed by atoms with Crippen LogP contribution < -0.4 is 10.6 Å². The molecule has 1 aliphatic rings. The van der Waals surface area contributed by atoms with Gasteiger partial charge in [0.25, 0.3) is 0 Å². The zero-order valence-corrected chi connectivity index (χ0v) is 17.8. The van der Waals surface area contributed by atoms with E-state index in [0.717, 1.165) is 0 Å². The van der Waals surface area contributed by atoms with Gasteiger partial charge in [-0.2, -0.15) is 4.31 Å². The van der Waals surface area contributed by atoms with Crippen LogP contribution in [0.5, 0.6) is 0 Å². The van der Waals surface area contributed by atoms with Crippen LogP contribution in [0.1, 0.15) is 5.56 Å². The number of ether oxygens (including phenoxy) is 1. The highest BCUT2D eigenvalue weighted by molar-refractivity contribution is 9.10. The Balaban J connectivity index is 1.56. The van der Waals surface area contributed by atoms with Crippen LogP contribution in [0.2, 0.25) is 0 Å². The van der Waals surface area contributed by atoms with Crippen molar-refractivity contribution >= 4 is 43.5 Å². The second-order valence-corrected chi connectivity index (χ2v) is 9.07. The molecular weight excluding hydrogens is 462 g/mol. The third kappa shape index (κ3) is 5.41. The van der Waals surface area contributed by atoms with E-state index >= 15 is 0 Å². The average Bonchev–Trinajstić information content (AvgIpc) is 2.74. The number of carbonyl (C=O) groups excluding carboxylic acids is 2. The number of amides is 2. The Morgan fingerprint density at radius 1 is 1.00 bits per heavy atom. The Kier molecular flexibility index (Phi) is 7.01. The number of hydrogen-bond donors (Lipinski definition) is 2. The molecule has 2 N–H and O–H groups in total. The molecule has 1 saturated heterocycles. The normalized spacial score (nSPS) is 14.9. The molecule has 29 heavy (non-hydrogen) atoms. The van der Waals surface area contributed by atoms with E-state index in [1.54, 1.807) is 36.4 Å². The van der Waals surface area contributed by atoms with Gasteiger partial charge in [-0.15, -0.1) is 0 Å². The topological polar surface area (TPSA) is 105 Å². The van der Waals surface area contributed by atoms with Crippen molar-refractivity contribution in [3.63, 3.8) is 0 Å². The largest absolute Gasteiger partial charge is 0.379 e. The van der Waals surface area contributed by atoms with Gasteiger partial charge in [0, 0.05) is 24.1 Å². The summed E-state index contributed by atoms with van der Waals surface area (Å²) in [5.74, 6) is -1.57. The number of carbonyl (C=O) groups is 2. The molecule has 3 rings (SSSR count). The summed E-state index contributed by atoms with van der Waals surface area (Å²) < 4.78 is 32.4. The van der Waals surface area contributed by atoms with Crippen LogP contribution >= 0.6 is 15.9 Å². The van der Waals surface area contributed by atoms with E-state index in [9.17, 15) is 18.0 Å². The molecule has 1 fully saturated rings. The van der Waals surface area contributed by atoms with E-state index in [1.807, 2.05) is 0 Å². The summed E-state index contributed by atoms with van der Waals surface area (Å²) in [5, 5.41) is 5.04. The third-order valence-electron chi connectivity index (χ3n) is 4.31. The Morgan fingerprint density at radius 3 is 2.31 bits per heavy atom. The molecule has 0 spiro atoms. The van der Waals surface area contributed by atoms with Crippen molar-refractivity contribution in [2.75, 3.05) is 31.6 Å². The van der Waals surface area contributed by atoms with E-state index in [1.165, 1.54) is 16.4 Å². The van der Waals surface area contributed by atoms with Crippen molar-refractivity contribution in [1.82, 2.24) is 9.62 Å². The van der Waals surface area contributed by atoms with Gasteiger partial charge < -0.3 is 15.4 Å². The van der Waals surface area contributed by atoms with Crippen LogP contribution in [-0.4, -0.2) is 50.8 Å². The van der Waals surface area contributed by atoms with Crippen molar-refractivity contribution < 1.29 is 22.7 Å². The first-order chi connectivity index (χ1) is 13.9. The number of nitrogens with one attached hydrogen (secondary N) is 2. The molecule has 154 valence electrons. The molecule has 0 atom stereocenters. The summed E-state index contributed by atoms with van der Waals surface area (Å²) in [6, 6.07) is 13.2. The molecule has 1 heterocycles. The number of halogens is 1. The van der Waals surface area contributed by atoms with Crippen molar-refractivity contribution in [2.24, 2.45) is 0 Å². The van der Waals surface area contributed by atoms with Crippen molar-refractivity contribution in [2.45, 2.75) is 11.4 Å². The van der Waals surface area contributed by atoms with Crippen molar-refractivity contribution in [3.05, 3.63) is 58.6 Å². The fraction of sp³-hybridized carbons (Fsp3) is 0.263. The number of rotatable bonds is 5. The van der Waals surface area contributed by atoms with Crippen LogP contribution in [0.25, 0.3) is 0 Å². The van der Waals surface area contributed by atoms with Crippen LogP contribution in [0.3, 0.4) is 0 Å². The van der Waals surface area contributed by atoms with Crippen LogP contribution in [0, 0.1) is 0 Å². The second-order valence-electron chi connectivity index (χ2n) is 6.28. The summed E-state index contributed by atoms with van der Waals surface area (Å²) in [6.45, 7) is 1.51. The second kappa shape index (κ2) is 9.49. The number of anilines is 1. The predicted octanol–water partition coefficient (Wildman–Crippen LogP) is 1.72. The number of hydrogen-bond acceptors (Lipinski definition) is 5. The third-order valence-corrected chi connectivity index (χ3v) is 6.92. The van der Waals surface area contributed by atoms with Gasteiger partial charge in [-0.3, -0.25) is 9.59 Å². The van der Waals surface area contributed by atoms with Crippen molar-refractivity contribution in [3.8, 4) is 0 Å². The van der Waals surface area contributed by atoms with Crippen molar-refractivity contribution in [1.29, 1.82) is 0 Å². The Bertz CT molecular complexity index is 989. The fourth-order valence-corrected chi connectivity index (χ4v) is 4.51. The molecule has 0 aromatic heterocycles. The summed E-state index contributed by atoms with van der Waals surface area (Å²) in [7, 11) is -3.56.